The molecule has 0 fully saturated rings. The fourth-order valence-corrected chi connectivity index (χ4v) is 1.87. The highest BCUT2D eigenvalue weighted by Gasteiger charge is 2.21. The maximum Gasteiger partial charge on any atom is 0.306 e. The standard InChI is InChI=1S/C14H19ClO3/c1-9(2)12(14(16)17)6-7-18-11-4-5-13(15)10(3)8-11/h4-5,8-9,12H,6-7H2,1-3H3,(H,16,17). The second-order valence-corrected chi connectivity index (χ2v) is 5.14. The van der Waals surface area contributed by atoms with Crippen LogP contribution >= 0.6 is 11.6 Å². The number of carbonyl (C=O) groups is 1. The zero-order valence-electron chi connectivity index (χ0n) is 10.9. The maximum atomic E-state index is 11.0. The first-order chi connectivity index (χ1) is 8.41. The van der Waals surface area contributed by atoms with Gasteiger partial charge in [0.25, 0.3) is 0 Å². The third kappa shape index (κ3) is 4.22. The molecule has 0 bridgehead atoms. The minimum absolute atomic E-state index is 0.109. The molecule has 0 saturated heterocycles. The highest BCUT2D eigenvalue weighted by molar-refractivity contribution is 6.31. The first kappa shape index (κ1) is 14.8. The molecule has 4 heteroatoms. The third-order valence-corrected chi connectivity index (χ3v) is 3.37. The van der Waals surface area contributed by atoms with E-state index >= 15 is 0 Å². The summed E-state index contributed by atoms with van der Waals surface area (Å²) < 4.78 is 5.55. The van der Waals surface area contributed by atoms with Crippen molar-refractivity contribution in [2.75, 3.05) is 6.61 Å². The zero-order chi connectivity index (χ0) is 13.7. The van der Waals surface area contributed by atoms with Crippen molar-refractivity contribution in [3.63, 3.8) is 0 Å². The summed E-state index contributed by atoms with van der Waals surface area (Å²) in [4.78, 5) is 11.0. The molecular weight excluding hydrogens is 252 g/mol. The van der Waals surface area contributed by atoms with Gasteiger partial charge in [0, 0.05) is 5.02 Å². The number of hydrogen-bond donors (Lipinski definition) is 1. The van der Waals surface area contributed by atoms with Crippen LogP contribution in [0.25, 0.3) is 0 Å². The van der Waals surface area contributed by atoms with Crippen molar-refractivity contribution in [1.29, 1.82) is 0 Å². The van der Waals surface area contributed by atoms with E-state index in [9.17, 15) is 4.79 Å². The predicted octanol–water partition coefficient (Wildman–Crippen LogP) is 3.77. The second-order valence-electron chi connectivity index (χ2n) is 4.74. The number of carboxylic acids is 1. The molecule has 100 valence electrons. The lowest BCUT2D eigenvalue weighted by atomic mass is 9.93. The summed E-state index contributed by atoms with van der Waals surface area (Å²) in [6.07, 6.45) is 0.509. The van der Waals surface area contributed by atoms with E-state index in [0.29, 0.717) is 18.1 Å². The van der Waals surface area contributed by atoms with Crippen LogP contribution in [-0.2, 0) is 4.79 Å². The van der Waals surface area contributed by atoms with Crippen molar-refractivity contribution >= 4 is 17.6 Å². The van der Waals surface area contributed by atoms with E-state index in [1.54, 1.807) is 12.1 Å². The lowest BCUT2D eigenvalue weighted by Gasteiger charge is -2.16. The summed E-state index contributed by atoms with van der Waals surface area (Å²) in [6, 6.07) is 5.43. The molecule has 0 amide bonds. The first-order valence-corrected chi connectivity index (χ1v) is 6.41. The molecule has 1 unspecified atom stereocenters. The molecule has 0 aliphatic heterocycles. The van der Waals surface area contributed by atoms with Gasteiger partial charge in [0.2, 0.25) is 0 Å². The van der Waals surface area contributed by atoms with Crippen LogP contribution < -0.4 is 4.74 Å². The average molecular weight is 271 g/mol. The van der Waals surface area contributed by atoms with E-state index in [1.807, 2.05) is 26.8 Å². The van der Waals surface area contributed by atoms with Crippen LogP contribution in [0, 0.1) is 18.8 Å². The van der Waals surface area contributed by atoms with Gasteiger partial charge in [0.05, 0.1) is 12.5 Å². The lowest BCUT2D eigenvalue weighted by Crippen LogP contribution is -2.22. The number of ether oxygens (including phenoxy) is 1. The van der Waals surface area contributed by atoms with Gasteiger partial charge in [-0.2, -0.15) is 0 Å². The Labute approximate surface area is 113 Å². The number of halogens is 1. The molecule has 1 aromatic rings. The normalized spacial score (nSPS) is 12.5. The van der Waals surface area contributed by atoms with Gasteiger partial charge < -0.3 is 9.84 Å². The van der Waals surface area contributed by atoms with Gasteiger partial charge >= 0.3 is 5.97 Å². The Morgan fingerprint density at radius 1 is 1.44 bits per heavy atom. The summed E-state index contributed by atoms with van der Waals surface area (Å²) in [7, 11) is 0. The van der Waals surface area contributed by atoms with Gasteiger partial charge in [-0.05, 0) is 43.0 Å². The summed E-state index contributed by atoms with van der Waals surface area (Å²) in [5.41, 5.74) is 0.952. The van der Waals surface area contributed by atoms with Crippen molar-refractivity contribution in [2.24, 2.45) is 11.8 Å². The van der Waals surface area contributed by atoms with E-state index < -0.39 is 5.97 Å². The predicted molar refractivity (Wildman–Crippen MR) is 72.3 cm³/mol. The molecule has 0 aliphatic carbocycles. The van der Waals surface area contributed by atoms with Crippen LogP contribution in [0.15, 0.2) is 18.2 Å². The van der Waals surface area contributed by atoms with Crippen LogP contribution in [0.4, 0.5) is 0 Å². The van der Waals surface area contributed by atoms with E-state index in [4.69, 9.17) is 21.4 Å². The van der Waals surface area contributed by atoms with Crippen molar-refractivity contribution in [2.45, 2.75) is 27.2 Å². The molecule has 0 heterocycles. The highest BCUT2D eigenvalue weighted by atomic mass is 35.5. The fourth-order valence-electron chi connectivity index (χ4n) is 1.75. The Balaban J connectivity index is 2.50. The summed E-state index contributed by atoms with van der Waals surface area (Å²) in [5, 5.41) is 9.75. The molecule has 3 nitrogen and oxygen atoms in total. The number of benzene rings is 1. The number of carboxylic acid groups (broad SMARTS) is 1. The van der Waals surface area contributed by atoms with Gasteiger partial charge in [-0.1, -0.05) is 25.4 Å². The average Bonchev–Trinajstić information content (AvgIpc) is 2.28. The number of aryl methyl sites for hydroxylation is 1. The fraction of sp³-hybridized carbons (Fsp3) is 0.500. The highest BCUT2D eigenvalue weighted by Crippen LogP contribution is 2.22. The molecule has 0 saturated carbocycles. The maximum absolute atomic E-state index is 11.0. The Bertz CT molecular complexity index is 416. The summed E-state index contributed by atoms with van der Waals surface area (Å²) in [5.74, 6) is -0.290. The zero-order valence-corrected chi connectivity index (χ0v) is 11.7. The summed E-state index contributed by atoms with van der Waals surface area (Å²) >= 11 is 5.91. The quantitative estimate of drug-likeness (QED) is 0.856. The first-order valence-electron chi connectivity index (χ1n) is 6.03. The molecule has 0 radical (unpaired) electrons. The van der Waals surface area contributed by atoms with E-state index in [0.717, 1.165) is 11.3 Å². The van der Waals surface area contributed by atoms with Gasteiger partial charge in [-0.15, -0.1) is 0 Å². The molecule has 1 aromatic carbocycles. The molecule has 1 rings (SSSR count). The molecule has 18 heavy (non-hydrogen) atoms. The molecule has 0 aromatic heterocycles. The van der Waals surface area contributed by atoms with Crippen LogP contribution in [-0.4, -0.2) is 17.7 Å². The SMILES string of the molecule is Cc1cc(OCCC(C(=O)O)C(C)C)ccc1Cl. The molecule has 1 atom stereocenters. The molecule has 0 aliphatic rings. The van der Waals surface area contributed by atoms with E-state index in [2.05, 4.69) is 0 Å². The smallest absolute Gasteiger partial charge is 0.306 e. The van der Waals surface area contributed by atoms with E-state index in [-0.39, 0.29) is 11.8 Å². The Morgan fingerprint density at radius 2 is 2.11 bits per heavy atom. The monoisotopic (exact) mass is 270 g/mol. The minimum atomic E-state index is -0.763. The Morgan fingerprint density at radius 3 is 2.61 bits per heavy atom. The number of hydrogen-bond acceptors (Lipinski definition) is 2. The molecule has 1 N–H and O–H groups in total. The largest absolute Gasteiger partial charge is 0.494 e. The van der Waals surface area contributed by atoms with E-state index in [1.165, 1.54) is 0 Å². The topological polar surface area (TPSA) is 46.5 Å². The second kappa shape index (κ2) is 6.64. The number of aliphatic carboxylic acids is 1. The Kier molecular flexibility index (Phi) is 5.48. The lowest BCUT2D eigenvalue weighted by molar-refractivity contribution is -0.143. The van der Waals surface area contributed by atoms with Crippen LogP contribution in [0.2, 0.25) is 5.02 Å². The van der Waals surface area contributed by atoms with Crippen LogP contribution in [0.5, 0.6) is 5.75 Å². The van der Waals surface area contributed by atoms with Crippen molar-refractivity contribution < 1.29 is 14.6 Å². The van der Waals surface area contributed by atoms with Crippen LogP contribution in [0.1, 0.15) is 25.8 Å². The van der Waals surface area contributed by atoms with Gasteiger partial charge in [0.15, 0.2) is 0 Å². The Hall–Kier alpha value is -1.22. The summed E-state index contributed by atoms with van der Waals surface area (Å²) in [6.45, 7) is 6.12. The molecular formula is C14H19ClO3. The molecule has 0 spiro atoms. The number of rotatable bonds is 6. The van der Waals surface area contributed by atoms with Gasteiger partial charge in [0.1, 0.15) is 5.75 Å². The van der Waals surface area contributed by atoms with Gasteiger partial charge in [-0.25, -0.2) is 0 Å². The van der Waals surface area contributed by atoms with Crippen molar-refractivity contribution in [1.82, 2.24) is 0 Å². The minimum Gasteiger partial charge on any atom is -0.494 e. The van der Waals surface area contributed by atoms with Crippen molar-refractivity contribution in [3.05, 3.63) is 28.8 Å². The van der Waals surface area contributed by atoms with Gasteiger partial charge in [-0.3, -0.25) is 4.79 Å². The van der Waals surface area contributed by atoms with Crippen LogP contribution in [0.3, 0.4) is 0 Å². The van der Waals surface area contributed by atoms with Crippen molar-refractivity contribution in [3.8, 4) is 5.75 Å². The third-order valence-electron chi connectivity index (χ3n) is 2.95.